The highest BCUT2D eigenvalue weighted by molar-refractivity contribution is 5.96. The molecule has 0 aliphatic heterocycles. The molecule has 94 valence electrons. The van der Waals surface area contributed by atoms with E-state index in [1.54, 1.807) is 37.1 Å². The van der Waals surface area contributed by atoms with Gasteiger partial charge in [0.05, 0.1) is 0 Å². The molecule has 1 unspecified atom stereocenters. The Bertz CT molecular complexity index is 402. The van der Waals surface area contributed by atoms with E-state index in [1.807, 2.05) is 6.92 Å². The summed E-state index contributed by atoms with van der Waals surface area (Å²) in [5, 5.41) is 9.56. The zero-order valence-corrected chi connectivity index (χ0v) is 10.6. The minimum absolute atomic E-state index is 0.0792. The van der Waals surface area contributed by atoms with Gasteiger partial charge < -0.3 is 15.7 Å². The average Bonchev–Trinajstić information content (AvgIpc) is 2.28. The standard InChI is InChI=1S/C13H20N2O2/c1-9(14)7-8-15(3)13(17)11-5-4-6-12(16)10(11)2/h4-6,9,16H,7-8,14H2,1-3H3. The summed E-state index contributed by atoms with van der Waals surface area (Å²) in [6, 6.07) is 5.05. The van der Waals surface area contributed by atoms with Crippen LogP contribution in [-0.2, 0) is 0 Å². The molecule has 17 heavy (non-hydrogen) atoms. The fourth-order valence-corrected chi connectivity index (χ4v) is 1.56. The van der Waals surface area contributed by atoms with Crippen LogP contribution in [0.15, 0.2) is 18.2 Å². The maximum absolute atomic E-state index is 12.1. The van der Waals surface area contributed by atoms with Crippen LogP contribution in [0.1, 0.15) is 29.3 Å². The van der Waals surface area contributed by atoms with Gasteiger partial charge in [0.25, 0.3) is 5.91 Å². The molecular weight excluding hydrogens is 216 g/mol. The SMILES string of the molecule is Cc1c(O)cccc1C(=O)N(C)CCC(C)N. The molecule has 1 aromatic carbocycles. The van der Waals surface area contributed by atoms with Gasteiger partial charge in [-0.25, -0.2) is 0 Å². The molecule has 1 amide bonds. The molecule has 0 fully saturated rings. The molecule has 0 aromatic heterocycles. The van der Waals surface area contributed by atoms with Crippen molar-refractivity contribution in [3.63, 3.8) is 0 Å². The largest absolute Gasteiger partial charge is 0.508 e. The van der Waals surface area contributed by atoms with Gasteiger partial charge in [-0.1, -0.05) is 6.07 Å². The minimum Gasteiger partial charge on any atom is -0.508 e. The molecule has 0 aliphatic rings. The molecule has 0 saturated carbocycles. The van der Waals surface area contributed by atoms with E-state index in [0.717, 1.165) is 6.42 Å². The fraction of sp³-hybridized carbons (Fsp3) is 0.462. The first-order chi connectivity index (χ1) is 7.93. The monoisotopic (exact) mass is 236 g/mol. The number of carbonyl (C=O) groups is 1. The summed E-state index contributed by atoms with van der Waals surface area (Å²) < 4.78 is 0. The highest BCUT2D eigenvalue weighted by Gasteiger charge is 2.15. The van der Waals surface area contributed by atoms with Crippen LogP contribution in [0.5, 0.6) is 5.75 Å². The minimum atomic E-state index is -0.0842. The van der Waals surface area contributed by atoms with Crippen LogP contribution in [0.25, 0.3) is 0 Å². The molecule has 4 nitrogen and oxygen atoms in total. The number of nitrogens with zero attached hydrogens (tertiary/aromatic N) is 1. The Labute approximate surface area is 102 Å². The quantitative estimate of drug-likeness (QED) is 0.832. The van der Waals surface area contributed by atoms with Gasteiger partial charge in [0, 0.05) is 30.8 Å². The third-order valence-electron chi connectivity index (χ3n) is 2.80. The molecule has 0 spiro atoms. The molecule has 0 aliphatic carbocycles. The Morgan fingerprint density at radius 2 is 2.18 bits per heavy atom. The molecular formula is C13H20N2O2. The van der Waals surface area contributed by atoms with E-state index in [-0.39, 0.29) is 17.7 Å². The lowest BCUT2D eigenvalue weighted by molar-refractivity contribution is 0.0790. The van der Waals surface area contributed by atoms with Gasteiger partial charge in [0.15, 0.2) is 0 Å². The highest BCUT2D eigenvalue weighted by Crippen LogP contribution is 2.20. The van der Waals surface area contributed by atoms with Gasteiger partial charge >= 0.3 is 0 Å². The second-order valence-electron chi connectivity index (χ2n) is 4.44. The molecule has 1 atom stereocenters. The topological polar surface area (TPSA) is 66.6 Å². The van der Waals surface area contributed by atoms with E-state index in [4.69, 9.17) is 5.73 Å². The van der Waals surface area contributed by atoms with Gasteiger partial charge in [-0.15, -0.1) is 0 Å². The molecule has 0 heterocycles. The maximum atomic E-state index is 12.1. The summed E-state index contributed by atoms with van der Waals surface area (Å²) in [4.78, 5) is 13.7. The van der Waals surface area contributed by atoms with E-state index >= 15 is 0 Å². The highest BCUT2D eigenvalue weighted by atomic mass is 16.3. The second-order valence-corrected chi connectivity index (χ2v) is 4.44. The molecule has 0 radical (unpaired) electrons. The Hall–Kier alpha value is -1.55. The number of rotatable bonds is 4. The number of benzene rings is 1. The number of amides is 1. The van der Waals surface area contributed by atoms with Crippen molar-refractivity contribution in [1.29, 1.82) is 0 Å². The van der Waals surface area contributed by atoms with Crippen LogP contribution < -0.4 is 5.73 Å². The zero-order chi connectivity index (χ0) is 13.0. The van der Waals surface area contributed by atoms with Crippen LogP contribution >= 0.6 is 0 Å². The van der Waals surface area contributed by atoms with Crippen molar-refractivity contribution in [3.8, 4) is 5.75 Å². The Balaban J connectivity index is 2.78. The Morgan fingerprint density at radius 1 is 1.53 bits per heavy atom. The van der Waals surface area contributed by atoms with Crippen LogP contribution in [-0.4, -0.2) is 35.5 Å². The summed E-state index contributed by atoms with van der Waals surface area (Å²) in [6.45, 7) is 4.27. The molecule has 0 saturated heterocycles. The van der Waals surface area contributed by atoms with Gasteiger partial charge in [-0.05, 0) is 32.4 Å². The normalized spacial score (nSPS) is 12.2. The predicted octanol–water partition coefficient (Wildman–Crippen LogP) is 1.51. The van der Waals surface area contributed by atoms with E-state index in [1.165, 1.54) is 0 Å². The fourth-order valence-electron chi connectivity index (χ4n) is 1.56. The second kappa shape index (κ2) is 5.68. The lowest BCUT2D eigenvalue weighted by Crippen LogP contribution is -2.31. The zero-order valence-electron chi connectivity index (χ0n) is 10.6. The molecule has 1 rings (SSSR count). The number of carbonyl (C=O) groups excluding carboxylic acids is 1. The smallest absolute Gasteiger partial charge is 0.254 e. The Kier molecular flexibility index (Phi) is 4.52. The van der Waals surface area contributed by atoms with Crippen molar-refractivity contribution < 1.29 is 9.90 Å². The first-order valence-electron chi connectivity index (χ1n) is 5.73. The summed E-state index contributed by atoms with van der Waals surface area (Å²) >= 11 is 0. The summed E-state index contributed by atoms with van der Waals surface area (Å²) in [5.74, 6) is 0.0653. The lowest BCUT2D eigenvalue weighted by atomic mass is 10.1. The van der Waals surface area contributed by atoms with Crippen molar-refractivity contribution in [2.45, 2.75) is 26.3 Å². The molecule has 1 aromatic rings. The number of phenols is 1. The summed E-state index contributed by atoms with van der Waals surface area (Å²) in [6.07, 6.45) is 0.764. The van der Waals surface area contributed by atoms with Crippen molar-refractivity contribution in [2.24, 2.45) is 5.73 Å². The first kappa shape index (κ1) is 13.5. The van der Waals surface area contributed by atoms with Crippen LogP contribution in [0, 0.1) is 6.92 Å². The number of hydrogen-bond donors (Lipinski definition) is 2. The molecule has 0 bridgehead atoms. The first-order valence-corrected chi connectivity index (χ1v) is 5.73. The molecule has 3 N–H and O–H groups in total. The maximum Gasteiger partial charge on any atom is 0.254 e. The summed E-state index contributed by atoms with van der Waals surface area (Å²) in [7, 11) is 1.74. The van der Waals surface area contributed by atoms with Gasteiger partial charge in [0.2, 0.25) is 0 Å². The van der Waals surface area contributed by atoms with Gasteiger partial charge in [0.1, 0.15) is 5.75 Å². The van der Waals surface area contributed by atoms with Crippen LogP contribution in [0.3, 0.4) is 0 Å². The van der Waals surface area contributed by atoms with Crippen molar-refractivity contribution in [2.75, 3.05) is 13.6 Å². The van der Waals surface area contributed by atoms with Crippen molar-refractivity contribution in [1.82, 2.24) is 4.90 Å². The molecule has 4 heteroatoms. The number of aromatic hydroxyl groups is 1. The van der Waals surface area contributed by atoms with E-state index in [0.29, 0.717) is 17.7 Å². The number of phenolic OH excluding ortho intramolecular Hbond substituents is 1. The van der Waals surface area contributed by atoms with Crippen molar-refractivity contribution >= 4 is 5.91 Å². The van der Waals surface area contributed by atoms with E-state index in [9.17, 15) is 9.90 Å². The predicted molar refractivity (Wildman–Crippen MR) is 68.1 cm³/mol. The van der Waals surface area contributed by atoms with Gasteiger partial charge in [-0.3, -0.25) is 4.79 Å². The lowest BCUT2D eigenvalue weighted by Gasteiger charge is -2.19. The van der Waals surface area contributed by atoms with Gasteiger partial charge in [-0.2, -0.15) is 0 Å². The third kappa shape index (κ3) is 3.46. The Morgan fingerprint density at radius 3 is 2.76 bits per heavy atom. The van der Waals surface area contributed by atoms with Crippen molar-refractivity contribution in [3.05, 3.63) is 29.3 Å². The van der Waals surface area contributed by atoms with Crippen LogP contribution in [0.4, 0.5) is 0 Å². The van der Waals surface area contributed by atoms with E-state index < -0.39 is 0 Å². The van der Waals surface area contributed by atoms with Crippen LogP contribution in [0.2, 0.25) is 0 Å². The third-order valence-corrected chi connectivity index (χ3v) is 2.80. The number of nitrogens with two attached hydrogens (primary N) is 1. The summed E-state index contributed by atoms with van der Waals surface area (Å²) in [5.41, 5.74) is 6.81. The van der Waals surface area contributed by atoms with E-state index in [2.05, 4.69) is 0 Å². The number of hydrogen-bond acceptors (Lipinski definition) is 3. The average molecular weight is 236 g/mol.